The largest absolute Gasteiger partial charge is 0.356 e. The lowest BCUT2D eigenvalue weighted by Gasteiger charge is -2.41. The van der Waals surface area contributed by atoms with Crippen LogP contribution in [0.2, 0.25) is 0 Å². The van der Waals surface area contributed by atoms with Gasteiger partial charge in [-0.05, 0) is 30.2 Å². The zero-order valence-corrected chi connectivity index (χ0v) is 17.9. The lowest BCUT2D eigenvalue weighted by molar-refractivity contribution is 0.131. The number of hydrogen-bond donors (Lipinski definition) is 2. The van der Waals surface area contributed by atoms with Gasteiger partial charge in [0.25, 0.3) is 0 Å². The number of guanidine groups is 1. The minimum Gasteiger partial charge on any atom is -0.356 e. The third-order valence-electron chi connectivity index (χ3n) is 4.81. The van der Waals surface area contributed by atoms with Crippen LogP contribution >= 0.6 is 24.0 Å². The highest BCUT2D eigenvalue weighted by molar-refractivity contribution is 14.0. The molecule has 1 aliphatic rings. The van der Waals surface area contributed by atoms with E-state index in [9.17, 15) is 4.21 Å². The summed E-state index contributed by atoms with van der Waals surface area (Å²) in [6.07, 6.45) is 5.20. The van der Waals surface area contributed by atoms with Crippen LogP contribution in [0.15, 0.2) is 35.3 Å². The zero-order valence-electron chi connectivity index (χ0n) is 14.7. The van der Waals surface area contributed by atoms with Crippen LogP contribution in [0.1, 0.15) is 38.2 Å². The van der Waals surface area contributed by atoms with Gasteiger partial charge in [-0.2, -0.15) is 0 Å². The average molecular weight is 463 g/mol. The van der Waals surface area contributed by atoms with Crippen LogP contribution in [0.25, 0.3) is 0 Å². The molecular weight excluding hydrogens is 433 g/mol. The van der Waals surface area contributed by atoms with Crippen molar-refractivity contribution in [3.63, 3.8) is 0 Å². The summed E-state index contributed by atoms with van der Waals surface area (Å²) in [6, 6.07) is 10.00. The summed E-state index contributed by atoms with van der Waals surface area (Å²) in [5.74, 6) is 2.07. The van der Waals surface area contributed by atoms with Crippen LogP contribution in [0.4, 0.5) is 0 Å². The van der Waals surface area contributed by atoms with E-state index in [2.05, 4.69) is 22.5 Å². The fourth-order valence-electron chi connectivity index (χ4n) is 2.94. The molecule has 0 bridgehead atoms. The van der Waals surface area contributed by atoms with Crippen molar-refractivity contribution in [2.45, 2.75) is 38.4 Å². The van der Waals surface area contributed by atoms with Gasteiger partial charge in [-0.3, -0.25) is 9.20 Å². The third kappa shape index (κ3) is 6.70. The normalized spacial score (nSPS) is 17.3. The van der Waals surface area contributed by atoms with Crippen molar-refractivity contribution < 1.29 is 4.21 Å². The van der Waals surface area contributed by atoms with E-state index in [4.69, 9.17) is 0 Å². The predicted molar refractivity (Wildman–Crippen MR) is 115 cm³/mol. The molecule has 2 N–H and O–H groups in total. The maximum atomic E-state index is 12.1. The van der Waals surface area contributed by atoms with Crippen LogP contribution in [-0.2, 0) is 16.6 Å². The molecule has 136 valence electrons. The summed E-state index contributed by atoms with van der Waals surface area (Å²) in [5.41, 5.74) is 1.59. The second-order valence-corrected chi connectivity index (χ2v) is 7.91. The van der Waals surface area contributed by atoms with Crippen molar-refractivity contribution in [1.29, 1.82) is 0 Å². The molecule has 24 heavy (non-hydrogen) atoms. The summed E-state index contributed by atoms with van der Waals surface area (Å²) >= 11 is 0. The topological polar surface area (TPSA) is 53.5 Å². The van der Waals surface area contributed by atoms with E-state index in [0.717, 1.165) is 18.1 Å². The number of nitrogens with zero attached hydrogens (tertiary/aromatic N) is 1. The number of benzene rings is 1. The van der Waals surface area contributed by atoms with E-state index in [1.54, 1.807) is 7.05 Å². The molecule has 1 aromatic carbocycles. The number of rotatable bonds is 8. The first-order chi connectivity index (χ1) is 11.2. The monoisotopic (exact) mass is 463 g/mol. The standard InChI is InChI=1S/C18H29N3OS.HI/c1-3-18(10-7-11-18)15-21-17(19-2)20-12-13-23(22)14-16-8-5-4-6-9-16;/h4-6,8-9H,3,7,10-15H2,1-2H3,(H2,19,20,21);1H. The zero-order chi connectivity index (χ0) is 16.5. The fourth-order valence-corrected chi connectivity index (χ4v) is 3.98. The van der Waals surface area contributed by atoms with Gasteiger partial charge in [0.05, 0.1) is 0 Å². The summed E-state index contributed by atoms with van der Waals surface area (Å²) in [6.45, 7) is 3.93. The minimum atomic E-state index is -0.848. The van der Waals surface area contributed by atoms with Crippen molar-refractivity contribution in [2.24, 2.45) is 10.4 Å². The third-order valence-corrected chi connectivity index (χ3v) is 6.13. The Morgan fingerprint density at radius 1 is 1.25 bits per heavy atom. The highest BCUT2D eigenvalue weighted by Crippen LogP contribution is 2.42. The van der Waals surface area contributed by atoms with Gasteiger partial charge in [0.2, 0.25) is 0 Å². The van der Waals surface area contributed by atoms with Gasteiger partial charge in [-0.15, -0.1) is 24.0 Å². The van der Waals surface area contributed by atoms with E-state index in [1.165, 1.54) is 25.7 Å². The molecule has 1 atom stereocenters. The van der Waals surface area contributed by atoms with Crippen molar-refractivity contribution in [1.82, 2.24) is 10.6 Å². The Balaban J connectivity index is 0.00000288. The molecule has 0 aromatic heterocycles. The van der Waals surface area contributed by atoms with Crippen LogP contribution in [0.3, 0.4) is 0 Å². The van der Waals surface area contributed by atoms with Gasteiger partial charge in [-0.1, -0.05) is 43.7 Å². The van der Waals surface area contributed by atoms with Crippen molar-refractivity contribution in [3.05, 3.63) is 35.9 Å². The molecule has 0 heterocycles. The number of hydrogen-bond acceptors (Lipinski definition) is 2. The van der Waals surface area contributed by atoms with Gasteiger partial charge in [0.15, 0.2) is 5.96 Å². The summed E-state index contributed by atoms with van der Waals surface area (Å²) in [7, 11) is 0.940. The molecule has 1 saturated carbocycles. The lowest BCUT2D eigenvalue weighted by Crippen LogP contribution is -2.46. The summed E-state index contributed by atoms with van der Waals surface area (Å²) in [5, 5.41) is 6.70. The highest BCUT2D eigenvalue weighted by atomic mass is 127. The van der Waals surface area contributed by atoms with Gasteiger partial charge in [0.1, 0.15) is 0 Å². The Kier molecular flexibility index (Phi) is 9.88. The Morgan fingerprint density at radius 3 is 2.50 bits per heavy atom. The molecule has 4 nitrogen and oxygen atoms in total. The predicted octanol–water partition coefficient (Wildman–Crippen LogP) is 3.30. The Morgan fingerprint density at radius 2 is 1.96 bits per heavy atom. The van der Waals surface area contributed by atoms with E-state index < -0.39 is 10.8 Å². The molecule has 1 unspecified atom stereocenters. The van der Waals surface area contributed by atoms with Crippen molar-refractivity contribution in [2.75, 3.05) is 25.9 Å². The Labute approximate surface area is 165 Å². The first-order valence-corrected chi connectivity index (χ1v) is 10.00. The van der Waals surface area contributed by atoms with Crippen LogP contribution in [0, 0.1) is 5.41 Å². The maximum absolute atomic E-state index is 12.1. The molecule has 0 aliphatic heterocycles. The molecule has 1 aliphatic carbocycles. The smallest absolute Gasteiger partial charge is 0.191 e. The minimum absolute atomic E-state index is 0. The number of nitrogens with one attached hydrogen (secondary N) is 2. The van der Waals surface area contributed by atoms with Crippen LogP contribution < -0.4 is 10.6 Å². The lowest BCUT2D eigenvalue weighted by atomic mass is 9.67. The molecule has 0 radical (unpaired) electrons. The average Bonchev–Trinajstić information content (AvgIpc) is 2.53. The first-order valence-electron chi connectivity index (χ1n) is 8.51. The summed E-state index contributed by atoms with van der Waals surface area (Å²) in [4.78, 5) is 4.26. The SMILES string of the molecule is CCC1(CNC(=NC)NCCS(=O)Cc2ccccc2)CCC1.I. The molecule has 0 amide bonds. The number of halogens is 1. The second-order valence-electron chi connectivity index (χ2n) is 6.33. The van der Waals surface area contributed by atoms with Crippen LogP contribution in [-0.4, -0.2) is 36.1 Å². The van der Waals surface area contributed by atoms with Crippen molar-refractivity contribution in [3.8, 4) is 0 Å². The molecule has 6 heteroatoms. The molecule has 2 rings (SSSR count). The van der Waals surface area contributed by atoms with Crippen molar-refractivity contribution >= 4 is 40.7 Å². The quantitative estimate of drug-likeness (QED) is 0.354. The maximum Gasteiger partial charge on any atom is 0.191 e. The van der Waals surface area contributed by atoms with E-state index >= 15 is 0 Å². The van der Waals surface area contributed by atoms with Crippen LogP contribution in [0.5, 0.6) is 0 Å². The van der Waals surface area contributed by atoms with Gasteiger partial charge in [0, 0.05) is 42.4 Å². The molecule has 1 aromatic rings. The highest BCUT2D eigenvalue weighted by Gasteiger charge is 2.34. The fraction of sp³-hybridized carbons (Fsp3) is 0.611. The van der Waals surface area contributed by atoms with E-state index in [-0.39, 0.29) is 24.0 Å². The molecule has 0 spiro atoms. The van der Waals surface area contributed by atoms with E-state index in [0.29, 0.717) is 23.5 Å². The number of aliphatic imine (C=N–C) groups is 1. The summed E-state index contributed by atoms with van der Waals surface area (Å²) < 4.78 is 12.1. The van der Waals surface area contributed by atoms with Gasteiger partial charge in [-0.25, -0.2) is 0 Å². The molecule has 0 saturated heterocycles. The van der Waals surface area contributed by atoms with Gasteiger partial charge < -0.3 is 10.6 Å². The van der Waals surface area contributed by atoms with Gasteiger partial charge >= 0.3 is 0 Å². The van der Waals surface area contributed by atoms with E-state index in [1.807, 2.05) is 30.3 Å². The molecular formula is C18H30IN3OS. The molecule has 1 fully saturated rings. The Bertz CT molecular complexity index is 527. The second kappa shape index (κ2) is 11.1. The Hall–Kier alpha value is -0.630. The first kappa shape index (κ1) is 21.4.